The van der Waals surface area contributed by atoms with Gasteiger partial charge in [-0.25, -0.2) is 8.42 Å². The number of para-hydroxylation sites is 1. The van der Waals surface area contributed by atoms with Crippen molar-refractivity contribution in [3.05, 3.63) is 65.2 Å². The minimum absolute atomic E-state index is 0.0763. The van der Waals surface area contributed by atoms with Gasteiger partial charge in [0, 0.05) is 32.1 Å². The summed E-state index contributed by atoms with van der Waals surface area (Å²) in [5, 5.41) is 3.39. The van der Waals surface area contributed by atoms with E-state index in [2.05, 4.69) is 33.4 Å². The summed E-state index contributed by atoms with van der Waals surface area (Å²) in [4.78, 5) is 6.60. The number of hydrogen-bond acceptors (Lipinski definition) is 3. The number of guanidine groups is 1. The van der Waals surface area contributed by atoms with Gasteiger partial charge in [-0.2, -0.15) is 0 Å². The predicted octanol–water partition coefficient (Wildman–Crippen LogP) is 2.37. The molecular weight excluding hydrogens is 334 g/mol. The minimum Gasteiger partial charge on any atom is -0.352 e. The molecule has 3 rings (SSSR count). The van der Waals surface area contributed by atoms with E-state index in [4.69, 9.17) is 0 Å². The summed E-state index contributed by atoms with van der Waals surface area (Å²) >= 11 is 0. The first kappa shape index (κ1) is 17.5. The first-order valence-corrected chi connectivity index (χ1v) is 10.3. The summed E-state index contributed by atoms with van der Waals surface area (Å²) in [6, 6.07) is 16.0. The third kappa shape index (κ3) is 4.39. The van der Waals surface area contributed by atoms with Gasteiger partial charge in [0.25, 0.3) is 0 Å². The molecule has 1 heterocycles. The molecule has 0 amide bonds. The van der Waals surface area contributed by atoms with Crippen molar-refractivity contribution in [2.24, 2.45) is 4.99 Å². The van der Waals surface area contributed by atoms with Crippen molar-refractivity contribution in [1.82, 2.24) is 5.32 Å². The van der Waals surface area contributed by atoms with Gasteiger partial charge in [0.1, 0.15) is 0 Å². The molecule has 5 nitrogen and oxygen atoms in total. The van der Waals surface area contributed by atoms with Gasteiger partial charge in [-0.3, -0.25) is 4.99 Å². The van der Waals surface area contributed by atoms with Gasteiger partial charge >= 0.3 is 0 Å². The zero-order valence-electron chi connectivity index (χ0n) is 14.6. The van der Waals surface area contributed by atoms with E-state index in [9.17, 15) is 8.42 Å². The highest BCUT2D eigenvalue weighted by Gasteiger charge is 2.22. The molecule has 0 bridgehead atoms. The number of rotatable bonds is 4. The van der Waals surface area contributed by atoms with E-state index in [1.165, 1.54) is 17.5 Å². The van der Waals surface area contributed by atoms with Gasteiger partial charge in [0.2, 0.25) is 0 Å². The van der Waals surface area contributed by atoms with Gasteiger partial charge in [0.15, 0.2) is 15.8 Å². The number of aliphatic imine (C=N–C) groups is 1. The van der Waals surface area contributed by atoms with Crippen molar-refractivity contribution in [2.75, 3.05) is 24.7 Å². The number of hydrogen-bond donors (Lipinski definition) is 1. The summed E-state index contributed by atoms with van der Waals surface area (Å²) in [6.07, 6.45) is 2.28. The fraction of sp³-hybridized carbons (Fsp3) is 0.316. The normalized spacial score (nSPS) is 14.5. The summed E-state index contributed by atoms with van der Waals surface area (Å²) < 4.78 is 22.7. The molecule has 0 aliphatic carbocycles. The molecular formula is C19H23N3O2S. The number of nitrogens with one attached hydrogen (secondary N) is 1. The number of benzene rings is 2. The zero-order chi connectivity index (χ0) is 17.9. The lowest BCUT2D eigenvalue weighted by Gasteiger charge is -2.22. The second-order valence-corrected chi connectivity index (χ2v) is 8.46. The first-order chi connectivity index (χ1) is 12.0. The molecule has 25 heavy (non-hydrogen) atoms. The third-order valence-corrected chi connectivity index (χ3v) is 5.11. The number of fused-ring (bicyclic) bond motifs is 1. The quantitative estimate of drug-likeness (QED) is 0.674. The van der Waals surface area contributed by atoms with Crippen LogP contribution in [0.5, 0.6) is 0 Å². The van der Waals surface area contributed by atoms with Crippen LogP contribution in [0, 0.1) is 0 Å². The molecule has 1 aliphatic rings. The fourth-order valence-corrected chi connectivity index (χ4v) is 3.89. The average molecular weight is 357 g/mol. The Morgan fingerprint density at radius 1 is 1.12 bits per heavy atom. The van der Waals surface area contributed by atoms with E-state index in [0.29, 0.717) is 6.54 Å². The summed E-state index contributed by atoms with van der Waals surface area (Å²) in [5.74, 6) is 0.928. The van der Waals surface area contributed by atoms with Crippen LogP contribution in [-0.2, 0) is 28.6 Å². The van der Waals surface area contributed by atoms with E-state index in [0.717, 1.165) is 30.1 Å². The summed E-state index contributed by atoms with van der Waals surface area (Å²) in [5.41, 5.74) is 4.45. The molecule has 132 valence electrons. The van der Waals surface area contributed by atoms with E-state index < -0.39 is 9.84 Å². The minimum atomic E-state index is -3.00. The lowest BCUT2D eigenvalue weighted by atomic mass is 10.1. The molecule has 1 aliphatic heterocycles. The van der Waals surface area contributed by atoms with Crippen LogP contribution in [0.1, 0.15) is 16.7 Å². The van der Waals surface area contributed by atoms with E-state index in [1.807, 2.05) is 30.3 Å². The Morgan fingerprint density at radius 3 is 2.48 bits per heavy atom. The molecule has 0 unspecified atom stereocenters. The lowest BCUT2D eigenvalue weighted by molar-refractivity contribution is 0.601. The summed E-state index contributed by atoms with van der Waals surface area (Å²) in [6.45, 7) is 1.57. The molecule has 0 aromatic heterocycles. The Bertz CT molecular complexity index is 874. The van der Waals surface area contributed by atoms with Gasteiger partial charge in [-0.05, 0) is 29.2 Å². The third-order valence-electron chi connectivity index (χ3n) is 4.26. The van der Waals surface area contributed by atoms with Gasteiger partial charge in [0.05, 0.1) is 5.75 Å². The average Bonchev–Trinajstić information content (AvgIpc) is 3.00. The van der Waals surface area contributed by atoms with Crippen molar-refractivity contribution < 1.29 is 8.42 Å². The Kier molecular flexibility index (Phi) is 5.08. The number of anilines is 1. The van der Waals surface area contributed by atoms with E-state index in [1.54, 1.807) is 7.05 Å². The molecule has 2 aromatic rings. The van der Waals surface area contributed by atoms with Crippen LogP contribution in [0.4, 0.5) is 5.69 Å². The van der Waals surface area contributed by atoms with Crippen LogP contribution >= 0.6 is 0 Å². The van der Waals surface area contributed by atoms with Crippen molar-refractivity contribution in [3.63, 3.8) is 0 Å². The van der Waals surface area contributed by atoms with Gasteiger partial charge in [-0.1, -0.05) is 42.5 Å². The van der Waals surface area contributed by atoms with Crippen LogP contribution in [0.3, 0.4) is 0 Å². The van der Waals surface area contributed by atoms with Crippen LogP contribution in [0.25, 0.3) is 0 Å². The Balaban J connectivity index is 1.64. The van der Waals surface area contributed by atoms with Crippen molar-refractivity contribution >= 4 is 21.5 Å². The predicted molar refractivity (Wildman–Crippen MR) is 103 cm³/mol. The van der Waals surface area contributed by atoms with Crippen molar-refractivity contribution in [1.29, 1.82) is 0 Å². The molecule has 0 saturated heterocycles. The highest BCUT2D eigenvalue weighted by Crippen LogP contribution is 2.27. The van der Waals surface area contributed by atoms with Crippen LogP contribution in [0.2, 0.25) is 0 Å². The molecule has 0 saturated carbocycles. The molecule has 0 spiro atoms. The van der Waals surface area contributed by atoms with Gasteiger partial charge < -0.3 is 10.2 Å². The van der Waals surface area contributed by atoms with Crippen LogP contribution in [-0.4, -0.2) is 34.2 Å². The van der Waals surface area contributed by atoms with Gasteiger partial charge in [-0.15, -0.1) is 0 Å². The topological polar surface area (TPSA) is 61.8 Å². The van der Waals surface area contributed by atoms with E-state index >= 15 is 0 Å². The maximum atomic E-state index is 11.4. The Hall–Kier alpha value is -2.34. The standard InChI is InChI=1S/C19H23N3O2S/c1-20-19(22-12-11-17-5-3-4-6-18(17)22)21-13-15-7-9-16(10-8-15)14-25(2,23)24/h3-10H,11-14H2,1-2H3,(H,20,21). The molecule has 2 aromatic carbocycles. The SMILES string of the molecule is CN=C(NCc1ccc(CS(C)(=O)=O)cc1)N1CCc2ccccc21. The largest absolute Gasteiger partial charge is 0.352 e. The van der Waals surface area contributed by atoms with Crippen LogP contribution in [0.15, 0.2) is 53.5 Å². The second-order valence-electron chi connectivity index (χ2n) is 6.32. The maximum Gasteiger partial charge on any atom is 0.198 e. The molecule has 6 heteroatoms. The highest BCUT2D eigenvalue weighted by atomic mass is 32.2. The second kappa shape index (κ2) is 7.27. The first-order valence-electron chi connectivity index (χ1n) is 8.28. The smallest absolute Gasteiger partial charge is 0.198 e. The maximum absolute atomic E-state index is 11.4. The molecule has 0 fully saturated rings. The monoisotopic (exact) mass is 357 g/mol. The van der Waals surface area contributed by atoms with Crippen molar-refractivity contribution in [2.45, 2.75) is 18.7 Å². The van der Waals surface area contributed by atoms with E-state index in [-0.39, 0.29) is 5.75 Å². The highest BCUT2D eigenvalue weighted by molar-refractivity contribution is 7.89. The zero-order valence-corrected chi connectivity index (χ0v) is 15.4. The molecule has 0 atom stereocenters. The van der Waals surface area contributed by atoms with Crippen LogP contribution < -0.4 is 10.2 Å². The Labute approximate surface area is 149 Å². The molecule has 1 N–H and O–H groups in total. The fourth-order valence-electron chi connectivity index (χ4n) is 3.09. The molecule has 0 radical (unpaired) electrons. The lowest BCUT2D eigenvalue weighted by Crippen LogP contribution is -2.40. The van der Waals surface area contributed by atoms with Crippen molar-refractivity contribution in [3.8, 4) is 0 Å². The summed E-state index contributed by atoms with van der Waals surface area (Å²) in [7, 11) is -1.21. The number of nitrogens with zero attached hydrogens (tertiary/aromatic N) is 2. The Morgan fingerprint density at radius 2 is 1.80 bits per heavy atom. The number of sulfone groups is 1.